The molecular weight excluding hydrogens is 126 g/mol. The zero-order valence-electron chi connectivity index (χ0n) is 6.08. The van der Waals surface area contributed by atoms with E-state index in [1.54, 1.807) is 6.26 Å². The molecule has 1 saturated carbocycles. The van der Waals surface area contributed by atoms with E-state index in [0.717, 1.165) is 11.9 Å². The first-order chi connectivity index (χ1) is 4.88. The maximum absolute atomic E-state index is 5.22. The lowest BCUT2D eigenvalue weighted by atomic mass is 10.5. The first-order valence-corrected chi connectivity index (χ1v) is 3.64. The summed E-state index contributed by atoms with van der Waals surface area (Å²) >= 11 is 0. The summed E-state index contributed by atoms with van der Waals surface area (Å²) in [5, 5.41) is 0. The van der Waals surface area contributed by atoms with Crippen molar-refractivity contribution in [3.8, 4) is 0 Å². The van der Waals surface area contributed by atoms with Gasteiger partial charge in [0.15, 0.2) is 5.88 Å². The monoisotopic (exact) mass is 137 g/mol. The molecule has 0 radical (unpaired) electrons. The fourth-order valence-corrected chi connectivity index (χ4v) is 1.11. The molecule has 0 amide bonds. The van der Waals surface area contributed by atoms with Crippen molar-refractivity contribution < 1.29 is 4.42 Å². The first-order valence-electron chi connectivity index (χ1n) is 3.64. The predicted octanol–water partition coefficient (Wildman–Crippen LogP) is 1.88. The van der Waals surface area contributed by atoms with Gasteiger partial charge in [-0.25, -0.2) is 0 Å². The highest BCUT2D eigenvalue weighted by Crippen LogP contribution is 2.29. The molecular formula is C8H11NO. The van der Waals surface area contributed by atoms with Crippen LogP contribution in [-0.4, -0.2) is 13.1 Å². The Bertz CT molecular complexity index is 201. The third-order valence-corrected chi connectivity index (χ3v) is 1.95. The summed E-state index contributed by atoms with van der Waals surface area (Å²) in [5.41, 5.74) is 0. The number of hydrogen-bond donors (Lipinski definition) is 0. The topological polar surface area (TPSA) is 16.4 Å². The van der Waals surface area contributed by atoms with E-state index in [4.69, 9.17) is 4.42 Å². The van der Waals surface area contributed by atoms with E-state index in [1.807, 2.05) is 12.1 Å². The Morgan fingerprint density at radius 3 is 2.90 bits per heavy atom. The molecule has 0 saturated heterocycles. The molecule has 0 aromatic carbocycles. The van der Waals surface area contributed by atoms with Gasteiger partial charge in [0.25, 0.3) is 0 Å². The quantitative estimate of drug-likeness (QED) is 0.618. The van der Waals surface area contributed by atoms with Gasteiger partial charge < -0.3 is 9.32 Å². The maximum atomic E-state index is 5.22. The summed E-state index contributed by atoms with van der Waals surface area (Å²) < 4.78 is 5.22. The molecule has 1 aromatic heterocycles. The molecule has 1 fully saturated rings. The van der Waals surface area contributed by atoms with Crippen molar-refractivity contribution >= 4 is 5.88 Å². The zero-order valence-corrected chi connectivity index (χ0v) is 6.08. The van der Waals surface area contributed by atoms with Crippen LogP contribution >= 0.6 is 0 Å². The van der Waals surface area contributed by atoms with Crippen LogP contribution in [0, 0.1) is 0 Å². The van der Waals surface area contributed by atoms with Crippen molar-refractivity contribution in [2.45, 2.75) is 18.9 Å². The second kappa shape index (κ2) is 2.04. The molecule has 2 heteroatoms. The number of anilines is 1. The molecule has 2 nitrogen and oxygen atoms in total. The second-order valence-electron chi connectivity index (χ2n) is 2.79. The van der Waals surface area contributed by atoms with Gasteiger partial charge in [0, 0.05) is 19.2 Å². The largest absolute Gasteiger partial charge is 0.449 e. The van der Waals surface area contributed by atoms with Gasteiger partial charge in [-0.2, -0.15) is 0 Å². The minimum absolute atomic E-state index is 0.742. The highest BCUT2D eigenvalue weighted by Gasteiger charge is 2.27. The van der Waals surface area contributed by atoms with Gasteiger partial charge >= 0.3 is 0 Å². The molecule has 10 heavy (non-hydrogen) atoms. The van der Waals surface area contributed by atoms with Crippen molar-refractivity contribution in [1.82, 2.24) is 0 Å². The Kier molecular flexibility index (Phi) is 1.19. The summed E-state index contributed by atoms with van der Waals surface area (Å²) in [7, 11) is 2.08. The minimum Gasteiger partial charge on any atom is -0.449 e. The van der Waals surface area contributed by atoms with Crippen LogP contribution in [0.15, 0.2) is 22.8 Å². The van der Waals surface area contributed by atoms with Gasteiger partial charge in [0.2, 0.25) is 0 Å². The lowest BCUT2D eigenvalue weighted by Gasteiger charge is -2.13. The second-order valence-corrected chi connectivity index (χ2v) is 2.79. The van der Waals surface area contributed by atoms with Crippen molar-refractivity contribution in [2.75, 3.05) is 11.9 Å². The molecule has 1 aliphatic rings. The number of rotatable bonds is 2. The van der Waals surface area contributed by atoms with Gasteiger partial charge in [-0.3, -0.25) is 0 Å². The molecule has 0 atom stereocenters. The Hall–Kier alpha value is -0.920. The molecule has 1 aromatic rings. The van der Waals surface area contributed by atoms with Gasteiger partial charge in [-0.1, -0.05) is 0 Å². The Labute approximate surface area is 60.4 Å². The van der Waals surface area contributed by atoms with E-state index >= 15 is 0 Å². The summed E-state index contributed by atoms with van der Waals surface area (Å²) in [6.07, 6.45) is 4.35. The highest BCUT2D eigenvalue weighted by molar-refractivity contribution is 5.36. The fourth-order valence-electron chi connectivity index (χ4n) is 1.11. The summed E-state index contributed by atoms with van der Waals surface area (Å²) in [4.78, 5) is 2.19. The summed E-state index contributed by atoms with van der Waals surface area (Å²) in [6, 6.07) is 4.66. The van der Waals surface area contributed by atoms with E-state index in [-0.39, 0.29) is 0 Å². The molecule has 0 bridgehead atoms. The molecule has 0 spiro atoms. The van der Waals surface area contributed by atoms with E-state index < -0.39 is 0 Å². The Morgan fingerprint density at radius 1 is 1.60 bits per heavy atom. The van der Waals surface area contributed by atoms with E-state index in [2.05, 4.69) is 11.9 Å². The smallest absolute Gasteiger partial charge is 0.195 e. The molecule has 1 aliphatic carbocycles. The summed E-state index contributed by atoms with van der Waals surface area (Å²) in [5.74, 6) is 0.988. The van der Waals surface area contributed by atoms with Crippen LogP contribution in [0.1, 0.15) is 12.8 Å². The normalized spacial score (nSPS) is 17.3. The Morgan fingerprint density at radius 2 is 2.40 bits per heavy atom. The van der Waals surface area contributed by atoms with Gasteiger partial charge in [-0.05, 0) is 18.9 Å². The van der Waals surface area contributed by atoms with Crippen LogP contribution < -0.4 is 4.90 Å². The first kappa shape index (κ1) is 5.83. The molecule has 54 valence electrons. The summed E-state index contributed by atoms with van der Waals surface area (Å²) in [6.45, 7) is 0. The van der Waals surface area contributed by atoms with Crippen LogP contribution in [0.2, 0.25) is 0 Å². The third kappa shape index (κ3) is 0.897. The van der Waals surface area contributed by atoms with Crippen molar-refractivity contribution in [1.29, 1.82) is 0 Å². The molecule has 0 N–H and O–H groups in total. The van der Waals surface area contributed by atoms with Crippen LogP contribution in [0.3, 0.4) is 0 Å². The minimum atomic E-state index is 0.742. The molecule has 0 unspecified atom stereocenters. The maximum Gasteiger partial charge on any atom is 0.195 e. The van der Waals surface area contributed by atoms with E-state index in [9.17, 15) is 0 Å². The van der Waals surface area contributed by atoms with Crippen molar-refractivity contribution in [2.24, 2.45) is 0 Å². The number of nitrogens with zero attached hydrogens (tertiary/aromatic N) is 1. The van der Waals surface area contributed by atoms with Crippen molar-refractivity contribution in [3.05, 3.63) is 18.4 Å². The van der Waals surface area contributed by atoms with E-state index in [0.29, 0.717) is 0 Å². The molecule has 2 rings (SSSR count). The molecule has 0 aliphatic heterocycles. The predicted molar refractivity (Wildman–Crippen MR) is 40.1 cm³/mol. The lowest BCUT2D eigenvalue weighted by Crippen LogP contribution is -2.18. The molecule has 1 heterocycles. The van der Waals surface area contributed by atoms with Crippen LogP contribution in [0.4, 0.5) is 5.88 Å². The third-order valence-electron chi connectivity index (χ3n) is 1.95. The zero-order chi connectivity index (χ0) is 6.97. The standard InChI is InChI=1S/C8H11NO/c1-9(7-4-5-7)8-3-2-6-10-8/h2-3,6-7H,4-5H2,1H3. The van der Waals surface area contributed by atoms with E-state index in [1.165, 1.54) is 12.8 Å². The average molecular weight is 137 g/mol. The van der Waals surface area contributed by atoms with Gasteiger partial charge in [0.1, 0.15) is 0 Å². The van der Waals surface area contributed by atoms with Gasteiger partial charge in [0.05, 0.1) is 6.26 Å². The van der Waals surface area contributed by atoms with Crippen LogP contribution in [-0.2, 0) is 0 Å². The van der Waals surface area contributed by atoms with Crippen LogP contribution in [0.5, 0.6) is 0 Å². The van der Waals surface area contributed by atoms with Crippen LogP contribution in [0.25, 0.3) is 0 Å². The SMILES string of the molecule is CN(c1ccco1)C1CC1. The van der Waals surface area contributed by atoms with Gasteiger partial charge in [-0.15, -0.1) is 0 Å². The lowest BCUT2D eigenvalue weighted by molar-refractivity contribution is 0.554. The number of hydrogen-bond acceptors (Lipinski definition) is 2. The number of furan rings is 1. The highest BCUT2D eigenvalue weighted by atomic mass is 16.3. The fraction of sp³-hybridized carbons (Fsp3) is 0.500. The van der Waals surface area contributed by atoms with Crippen molar-refractivity contribution in [3.63, 3.8) is 0 Å². The Balaban J connectivity index is 2.11. The average Bonchev–Trinajstić information content (AvgIpc) is 2.65.